The van der Waals surface area contributed by atoms with Crippen LogP contribution in [0.15, 0.2) is 30.3 Å². The van der Waals surface area contributed by atoms with Crippen LogP contribution in [0.4, 0.5) is 0 Å². The molecule has 0 bridgehead atoms. The van der Waals surface area contributed by atoms with Crippen molar-refractivity contribution in [3.05, 3.63) is 35.9 Å². The predicted molar refractivity (Wildman–Crippen MR) is 87.2 cm³/mol. The minimum Gasteiger partial charge on any atom is -0.465 e. The Kier molecular flexibility index (Phi) is 7.95. The fourth-order valence-corrected chi connectivity index (χ4v) is 2.29. The van der Waals surface area contributed by atoms with Crippen LogP contribution in [0.25, 0.3) is 0 Å². The van der Waals surface area contributed by atoms with Gasteiger partial charge in [-0.1, -0.05) is 32.0 Å². The van der Waals surface area contributed by atoms with Gasteiger partial charge in [0.05, 0.1) is 18.8 Å². The first kappa shape index (κ1) is 19.7. The number of carbonyl (C=O) groups excluding carboxylic acids is 3. The van der Waals surface area contributed by atoms with Gasteiger partial charge >= 0.3 is 17.9 Å². The van der Waals surface area contributed by atoms with E-state index in [4.69, 9.17) is 14.2 Å². The number of hydrogen-bond acceptors (Lipinski definition) is 6. The van der Waals surface area contributed by atoms with Gasteiger partial charge in [-0.2, -0.15) is 0 Å². The van der Waals surface area contributed by atoms with E-state index in [2.05, 4.69) is 0 Å². The molecule has 0 radical (unpaired) electrons. The molecule has 0 saturated heterocycles. The highest BCUT2D eigenvalue weighted by Gasteiger charge is 2.28. The third-order valence-electron chi connectivity index (χ3n) is 3.46. The summed E-state index contributed by atoms with van der Waals surface area (Å²) in [7, 11) is 0. The van der Waals surface area contributed by atoms with Crippen molar-refractivity contribution >= 4 is 17.9 Å². The van der Waals surface area contributed by atoms with E-state index in [1.165, 1.54) is 13.8 Å². The van der Waals surface area contributed by atoms with Crippen molar-refractivity contribution in [3.63, 3.8) is 0 Å². The maximum atomic E-state index is 12.0. The van der Waals surface area contributed by atoms with Crippen LogP contribution in [0.3, 0.4) is 0 Å². The lowest BCUT2D eigenvalue weighted by Gasteiger charge is -2.28. The van der Waals surface area contributed by atoms with Crippen molar-refractivity contribution in [1.29, 1.82) is 0 Å². The van der Waals surface area contributed by atoms with Crippen LogP contribution in [0.2, 0.25) is 0 Å². The number of ether oxygens (including phenoxy) is 3. The van der Waals surface area contributed by atoms with Crippen LogP contribution in [-0.2, 0) is 23.8 Å². The minimum atomic E-state index is -0.523. The van der Waals surface area contributed by atoms with Crippen LogP contribution in [0, 0.1) is 11.8 Å². The van der Waals surface area contributed by atoms with Gasteiger partial charge in [-0.05, 0) is 12.1 Å². The fraction of sp³-hybridized carbons (Fsp3) is 0.500. The highest BCUT2D eigenvalue weighted by Crippen LogP contribution is 2.19. The lowest BCUT2D eigenvalue weighted by atomic mass is 9.94. The molecule has 0 amide bonds. The predicted octanol–water partition coefficient (Wildman–Crippen LogP) is 2.61. The first-order chi connectivity index (χ1) is 11.3. The molecule has 132 valence electrons. The van der Waals surface area contributed by atoms with Gasteiger partial charge in [-0.15, -0.1) is 0 Å². The third-order valence-corrected chi connectivity index (χ3v) is 3.46. The molecule has 0 aromatic heterocycles. The van der Waals surface area contributed by atoms with Gasteiger partial charge in [-0.3, -0.25) is 9.59 Å². The number of esters is 3. The van der Waals surface area contributed by atoms with Gasteiger partial charge in [-0.25, -0.2) is 4.79 Å². The van der Waals surface area contributed by atoms with Crippen molar-refractivity contribution < 1.29 is 28.6 Å². The highest BCUT2D eigenvalue weighted by atomic mass is 16.6. The van der Waals surface area contributed by atoms with Gasteiger partial charge in [0.15, 0.2) is 0 Å². The molecule has 3 atom stereocenters. The maximum Gasteiger partial charge on any atom is 0.338 e. The minimum absolute atomic E-state index is 0.0933. The summed E-state index contributed by atoms with van der Waals surface area (Å²) in [5.74, 6) is -1.73. The fourth-order valence-electron chi connectivity index (χ4n) is 2.29. The van der Waals surface area contributed by atoms with E-state index in [9.17, 15) is 14.4 Å². The van der Waals surface area contributed by atoms with Crippen LogP contribution in [0.5, 0.6) is 0 Å². The Morgan fingerprint density at radius 1 is 0.875 bits per heavy atom. The van der Waals surface area contributed by atoms with Crippen LogP contribution >= 0.6 is 0 Å². The molecular formula is C18H24O6. The molecular weight excluding hydrogens is 312 g/mol. The first-order valence-electron chi connectivity index (χ1n) is 7.84. The number of hydrogen-bond donors (Lipinski definition) is 0. The number of benzene rings is 1. The molecule has 0 N–H and O–H groups in total. The summed E-state index contributed by atoms with van der Waals surface area (Å²) in [6, 6.07) is 8.65. The average Bonchev–Trinajstić information content (AvgIpc) is 2.55. The van der Waals surface area contributed by atoms with Gasteiger partial charge in [0.25, 0.3) is 0 Å². The van der Waals surface area contributed by atoms with E-state index >= 15 is 0 Å². The lowest BCUT2D eigenvalue weighted by Crippen LogP contribution is -2.36. The molecule has 6 nitrogen and oxygen atoms in total. The van der Waals surface area contributed by atoms with Crippen molar-refractivity contribution in [2.24, 2.45) is 11.8 Å². The van der Waals surface area contributed by atoms with Crippen LogP contribution in [0.1, 0.15) is 38.1 Å². The number of rotatable bonds is 8. The molecule has 1 aromatic rings. The molecule has 1 aromatic carbocycles. The molecule has 1 rings (SSSR count). The summed E-state index contributed by atoms with van der Waals surface area (Å²) in [6.45, 7) is 6.48. The first-order valence-corrected chi connectivity index (χ1v) is 7.84. The largest absolute Gasteiger partial charge is 0.465 e. The second-order valence-corrected chi connectivity index (χ2v) is 5.80. The summed E-state index contributed by atoms with van der Waals surface area (Å²) in [4.78, 5) is 34.2. The Bertz CT molecular complexity index is 554. The van der Waals surface area contributed by atoms with Crippen molar-refractivity contribution in [2.45, 2.75) is 33.8 Å². The van der Waals surface area contributed by atoms with Gasteiger partial charge < -0.3 is 14.2 Å². The Morgan fingerprint density at radius 3 is 1.92 bits per heavy atom. The quantitative estimate of drug-likeness (QED) is 0.536. The molecule has 0 aliphatic heterocycles. The Labute approximate surface area is 142 Å². The van der Waals surface area contributed by atoms with E-state index in [0.717, 1.165) is 0 Å². The van der Waals surface area contributed by atoms with Crippen molar-refractivity contribution in [2.75, 3.05) is 13.2 Å². The second kappa shape index (κ2) is 9.70. The topological polar surface area (TPSA) is 78.9 Å². The van der Waals surface area contributed by atoms with Gasteiger partial charge in [0, 0.05) is 25.7 Å². The van der Waals surface area contributed by atoms with E-state index in [0.29, 0.717) is 5.56 Å². The highest BCUT2D eigenvalue weighted by molar-refractivity contribution is 5.89. The number of carbonyl (C=O) groups is 3. The Balaban J connectivity index is 2.63. The summed E-state index contributed by atoms with van der Waals surface area (Å²) >= 11 is 0. The van der Waals surface area contributed by atoms with E-state index in [1.54, 1.807) is 24.3 Å². The van der Waals surface area contributed by atoms with E-state index in [-0.39, 0.29) is 25.0 Å². The molecule has 0 heterocycles. The van der Waals surface area contributed by atoms with Gasteiger partial charge in [0.2, 0.25) is 0 Å². The Hall–Kier alpha value is -2.37. The summed E-state index contributed by atoms with van der Waals surface area (Å²) in [6.07, 6.45) is -0.523. The average molecular weight is 336 g/mol. The summed E-state index contributed by atoms with van der Waals surface area (Å²) in [5.41, 5.74) is 0.460. The van der Waals surface area contributed by atoms with Crippen LogP contribution < -0.4 is 0 Å². The normalized spacial score (nSPS) is 14.2. The smallest absolute Gasteiger partial charge is 0.338 e. The maximum absolute atomic E-state index is 12.0. The SMILES string of the molecule is CC(=O)OC[C@H](C)[C@@H](OC(C)=O)[C@H](C)COC(=O)c1ccccc1. The van der Waals surface area contributed by atoms with E-state index < -0.39 is 24.0 Å². The molecule has 6 heteroatoms. The summed E-state index contributed by atoms with van der Waals surface area (Å²) < 4.78 is 15.6. The van der Waals surface area contributed by atoms with E-state index in [1.807, 2.05) is 19.9 Å². The molecule has 0 aliphatic carbocycles. The molecule has 24 heavy (non-hydrogen) atoms. The lowest BCUT2D eigenvalue weighted by molar-refractivity contribution is -0.156. The van der Waals surface area contributed by atoms with Crippen molar-refractivity contribution in [1.82, 2.24) is 0 Å². The third kappa shape index (κ3) is 6.81. The molecule has 0 saturated carbocycles. The Morgan fingerprint density at radius 2 is 1.42 bits per heavy atom. The molecule has 0 aliphatic rings. The summed E-state index contributed by atoms with van der Waals surface area (Å²) in [5, 5.41) is 0. The zero-order chi connectivity index (χ0) is 18.1. The van der Waals surface area contributed by atoms with Crippen LogP contribution in [-0.4, -0.2) is 37.2 Å². The monoisotopic (exact) mass is 336 g/mol. The molecule has 0 spiro atoms. The van der Waals surface area contributed by atoms with Crippen molar-refractivity contribution in [3.8, 4) is 0 Å². The molecule has 0 unspecified atom stereocenters. The second-order valence-electron chi connectivity index (χ2n) is 5.80. The molecule has 0 fully saturated rings. The van der Waals surface area contributed by atoms with Gasteiger partial charge in [0.1, 0.15) is 6.10 Å². The zero-order valence-electron chi connectivity index (χ0n) is 14.5. The standard InChI is InChI=1S/C18H24O6/c1-12(10-22-14(3)19)17(24-15(4)20)13(2)11-23-18(21)16-8-6-5-7-9-16/h5-9,12-13,17H,10-11H2,1-4H3/t12-,13+,17+/m0/s1. The zero-order valence-corrected chi connectivity index (χ0v) is 14.5.